The summed E-state index contributed by atoms with van der Waals surface area (Å²) in [5.41, 5.74) is -6.25. The van der Waals surface area contributed by atoms with E-state index in [0.717, 1.165) is 0 Å². The second kappa shape index (κ2) is 21.2. The first kappa shape index (κ1) is 57.3. The number of fused-ring (bicyclic) bond motifs is 8. The predicted octanol–water partition coefficient (Wildman–Crippen LogP) is 9.61. The van der Waals surface area contributed by atoms with E-state index in [1.807, 2.05) is 0 Å². The number of nitrogens with zero attached hydrogens (tertiary/aromatic N) is 1. The van der Waals surface area contributed by atoms with E-state index in [-0.39, 0.29) is 18.6 Å². The first-order chi connectivity index (χ1) is 36.7. The molecule has 3 aromatic rings. The Hall–Kier alpha value is -5.44. The number of halogens is 3. The van der Waals surface area contributed by atoms with Gasteiger partial charge in [-0.15, -0.1) is 0 Å². The molecule has 6 aliphatic rings. The molecule has 3 heterocycles. The quantitative estimate of drug-likeness (QED) is 0.0820. The number of esters is 3. The van der Waals surface area contributed by atoms with Crippen molar-refractivity contribution in [2.75, 3.05) is 20.3 Å². The lowest BCUT2D eigenvalue weighted by Gasteiger charge is -2.69. The molecular formula is C57H64Cl3NO17. The molecule has 18 nitrogen and oxygen atoms in total. The number of carbonyl (C=O) groups excluding carboxylic acids is 5. The molecule has 0 radical (unpaired) electrons. The smallest absolute Gasteiger partial charge is 0.497 e. The van der Waals surface area contributed by atoms with Gasteiger partial charge in [0.05, 0.1) is 25.2 Å². The fraction of sp³-hybridized carbons (Fsp3) is 0.526. The molecule has 0 aromatic heterocycles. The molecule has 9 rings (SSSR count). The lowest BCUT2D eigenvalue weighted by Crippen LogP contribution is -2.82. The molecule has 3 aliphatic heterocycles. The van der Waals surface area contributed by atoms with Gasteiger partial charge in [-0.1, -0.05) is 123 Å². The van der Waals surface area contributed by atoms with Crippen molar-refractivity contribution < 1.29 is 81.2 Å². The minimum Gasteiger partial charge on any atom is -0.497 e. The van der Waals surface area contributed by atoms with Crippen LogP contribution in [0, 0.1) is 16.7 Å². The number of methoxy groups -OCH3 is 1. The van der Waals surface area contributed by atoms with E-state index in [1.165, 1.54) is 37.1 Å². The van der Waals surface area contributed by atoms with E-state index in [4.69, 9.17) is 86.9 Å². The normalized spacial score (nSPS) is 33.8. The lowest BCUT2D eigenvalue weighted by atomic mass is 9.44. The number of aliphatic hydroxyl groups is 1. The number of hydrogen-bond donors (Lipinski definition) is 1. The summed E-state index contributed by atoms with van der Waals surface area (Å²) in [5.74, 6) is -3.39. The monoisotopic (exact) mass is 1140 g/mol. The van der Waals surface area contributed by atoms with Gasteiger partial charge in [0.15, 0.2) is 24.2 Å². The average molecular weight is 1140 g/mol. The van der Waals surface area contributed by atoms with Crippen LogP contribution in [0.3, 0.4) is 0 Å². The third kappa shape index (κ3) is 10.2. The molecule has 11 unspecified atom stereocenters. The standard InChI is InChI=1S/C57H64Cl3NO17/c1-11-39-73-42-40-30(2)36(71-49(64)43-41(32-18-14-12-15-19-32)61(50(65)78-52(4,5)6)47(75-43)33-22-24-35(68-10)25-23-33)27-56(67,53(40,7)8)46(76-48(63)34-20-16-13-17-21-34)44-54(9,45(42)74-39)37(72-51(66)70-29-57(58,59)60)26-38-55(44,28-69-38)77-31(3)62/h11-25,36-39,41-47,67H,1,26-29H2,2-10H3/t36?,37?,38?,39?,41?,42?,43-,44?,45?,46?,47-,54-,55?,56?/m1/s1. The number of benzene rings is 3. The van der Waals surface area contributed by atoms with Crippen molar-refractivity contribution in [3.8, 4) is 5.75 Å². The van der Waals surface area contributed by atoms with Crippen LogP contribution in [0.2, 0.25) is 0 Å². The minimum atomic E-state index is -2.32. The fourth-order valence-corrected chi connectivity index (χ4v) is 12.8. The molecule has 2 saturated carbocycles. The lowest BCUT2D eigenvalue weighted by molar-refractivity contribution is -0.362. The van der Waals surface area contributed by atoms with Crippen molar-refractivity contribution in [2.24, 2.45) is 16.7 Å². The van der Waals surface area contributed by atoms with Gasteiger partial charge in [-0.2, -0.15) is 0 Å². The zero-order chi connectivity index (χ0) is 56.5. The summed E-state index contributed by atoms with van der Waals surface area (Å²) in [6, 6.07) is 22.6. The predicted molar refractivity (Wildman–Crippen MR) is 280 cm³/mol. The SMILES string of the molecule is C=CC1OC2C3=C(C)C(OC(=O)[C@@H]4O[C@H](c5ccc(OC)cc5)N(C(=O)OC(C)(C)C)C4c4ccccc4)CC(O)(C(OC(=O)c4ccccc4)C4C5(OC(C)=O)COC5CC(OC(=O)OCC(Cl)(Cl)Cl)[C@@]4(C)C2O1)C3(C)C. The second-order valence-corrected chi connectivity index (χ2v) is 24.8. The van der Waals surface area contributed by atoms with E-state index < -0.39 is 142 Å². The van der Waals surface area contributed by atoms with Gasteiger partial charge < -0.3 is 57.2 Å². The van der Waals surface area contributed by atoms with Gasteiger partial charge in [-0.25, -0.2) is 19.2 Å². The first-order valence-corrected chi connectivity index (χ1v) is 26.7. The molecule has 3 aliphatic carbocycles. The average Bonchev–Trinajstić information content (AvgIpc) is 1.90. The Labute approximate surface area is 467 Å². The van der Waals surface area contributed by atoms with Gasteiger partial charge in [-0.3, -0.25) is 9.69 Å². The van der Waals surface area contributed by atoms with Crippen LogP contribution in [-0.4, -0.2) is 130 Å². The van der Waals surface area contributed by atoms with E-state index in [1.54, 1.807) is 121 Å². The number of alkyl halides is 3. The summed E-state index contributed by atoms with van der Waals surface area (Å²) in [5, 5.41) is 14.4. The van der Waals surface area contributed by atoms with Gasteiger partial charge >= 0.3 is 30.2 Å². The Morgan fingerprint density at radius 1 is 0.872 bits per heavy atom. The number of rotatable bonds is 11. The van der Waals surface area contributed by atoms with Gasteiger partial charge in [0.1, 0.15) is 66.2 Å². The minimum absolute atomic E-state index is 0.103. The Morgan fingerprint density at radius 3 is 2.10 bits per heavy atom. The van der Waals surface area contributed by atoms with Crippen molar-refractivity contribution in [3.63, 3.8) is 0 Å². The van der Waals surface area contributed by atoms with Gasteiger partial charge in [0.2, 0.25) is 3.79 Å². The number of amides is 1. The molecule has 78 heavy (non-hydrogen) atoms. The van der Waals surface area contributed by atoms with Crippen LogP contribution in [0.15, 0.2) is 109 Å². The van der Waals surface area contributed by atoms with Crippen LogP contribution in [0.5, 0.6) is 5.75 Å². The van der Waals surface area contributed by atoms with Crippen molar-refractivity contribution >= 4 is 65.0 Å². The molecular weight excluding hydrogens is 1080 g/mol. The van der Waals surface area contributed by atoms with E-state index in [2.05, 4.69) is 6.58 Å². The van der Waals surface area contributed by atoms with Crippen molar-refractivity contribution in [2.45, 2.75) is 150 Å². The van der Waals surface area contributed by atoms with Gasteiger partial charge in [0, 0.05) is 36.2 Å². The summed E-state index contributed by atoms with van der Waals surface area (Å²) in [6.45, 7) is 16.4. The summed E-state index contributed by atoms with van der Waals surface area (Å²) in [4.78, 5) is 73.7. The highest BCUT2D eigenvalue weighted by molar-refractivity contribution is 6.67. The maximum Gasteiger partial charge on any atom is 0.508 e. The molecule has 3 saturated heterocycles. The van der Waals surface area contributed by atoms with Crippen LogP contribution < -0.4 is 4.74 Å². The highest BCUT2D eigenvalue weighted by Gasteiger charge is 2.80. The molecule has 21 heteroatoms. The van der Waals surface area contributed by atoms with E-state index in [9.17, 15) is 24.3 Å². The zero-order valence-electron chi connectivity index (χ0n) is 44.6. The van der Waals surface area contributed by atoms with Crippen molar-refractivity contribution in [1.29, 1.82) is 0 Å². The van der Waals surface area contributed by atoms with Crippen LogP contribution in [-0.2, 0) is 57.0 Å². The number of carbonyl (C=O) groups is 5. The Morgan fingerprint density at radius 2 is 1.53 bits per heavy atom. The Bertz CT molecular complexity index is 2820. The highest BCUT2D eigenvalue weighted by atomic mass is 35.6. The first-order valence-electron chi connectivity index (χ1n) is 25.6. The Balaban J connectivity index is 1.22. The maximum absolute atomic E-state index is 15.5. The molecule has 420 valence electrons. The van der Waals surface area contributed by atoms with E-state index >= 15 is 4.79 Å². The molecule has 1 amide bonds. The Kier molecular flexibility index (Phi) is 15.6. The zero-order valence-corrected chi connectivity index (χ0v) is 46.9. The second-order valence-electron chi connectivity index (χ2n) is 22.3. The van der Waals surface area contributed by atoms with Crippen LogP contribution in [0.1, 0.15) is 102 Å². The number of ether oxygens (including phenoxy) is 11. The van der Waals surface area contributed by atoms with Gasteiger partial charge in [-0.05, 0) is 74.7 Å². The molecule has 14 atom stereocenters. The molecule has 0 spiro atoms. The van der Waals surface area contributed by atoms with Crippen LogP contribution >= 0.6 is 34.8 Å². The molecule has 5 fully saturated rings. The summed E-state index contributed by atoms with van der Waals surface area (Å²) in [7, 11) is 1.52. The third-order valence-corrected chi connectivity index (χ3v) is 16.5. The largest absolute Gasteiger partial charge is 0.508 e. The van der Waals surface area contributed by atoms with Crippen LogP contribution in [0.4, 0.5) is 9.59 Å². The van der Waals surface area contributed by atoms with E-state index in [0.29, 0.717) is 28.0 Å². The van der Waals surface area contributed by atoms with Crippen molar-refractivity contribution in [3.05, 3.63) is 125 Å². The topological polar surface area (TPSA) is 210 Å². The molecule has 1 N–H and O–H groups in total. The molecule has 2 bridgehead atoms. The molecule has 3 aromatic carbocycles. The summed E-state index contributed by atoms with van der Waals surface area (Å²) < 4.78 is 67.4. The van der Waals surface area contributed by atoms with Crippen LogP contribution in [0.25, 0.3) is 0 Å². The number of hydrogen-bond acceptors (Lipinski definition) is 17. The third-order valence-electron chi connectivity index (χ3n) is 16.2. The summed E-state index contributed by atoms with van der Waals surface area (Å²) >= 11 is 18.0. The highest BCUT2D eigenvalue weighted by Crippen LogP contribution is 2.67. The fourth-order valence-electron chi connectivity index (χ4n) is 12.7. The van der Waals surface area contributed by atoms with Gasteiger partial charge in [0.25, 0.3) is 0 Å². The summed E-state index contributed by atoms with van der Waals surface area (Å²) in [6.07, 6.45) is -12.9. The van der Waals surface area contributed by atoms with Crippen molar-refractivity contribution in [1.82, 2.24) is 4.90 Å². The maximum atomic E-state index is 15.5.